The average molecular weight is 797 g/mol. The zero-order chi connectivity index (χ0) is 40.4. The highest BCUT2D eigenvalue weighted by Crippen LogP contribution is 2.58. The molecule has 308 valence electrons. The number of aliphatic carboxylic acids is 1. The van der Waals surface area contributed by atoms with Gasteiger partial charge in [0.05, 0.1) is 19.1 Å². The van der Waals surface area contributed by atoms with Crippen molar-refractivity contribution in [1.29, 1.82) is 0 Å². The SMILES string of the molecule is CNC[C@H](N)CO[C@@H]1O[C@H](COC(=O)CC(=O)O)[C@@H](O)[C@H](O)[C@@H]1OOc1cc(Cc2ccc(O)cc2)c2c(c1)[C@H]1Oc3c(cc4c(c3CC(C)C)OCO4)[C@@H]1CO2. The van der Waals surface area contributed by atoms with Crippen LogP contribution >= 0.6 is 0 Å². The van der Waals surface area contributed by atoms with E-state index in [1.807, 2.05) is 6.07 Å². The minimum Gasteiger partial charge on any atom is -0.508 e. The molecule has 1 saturated heterocycles. The van der Waals surface area contributed by atoms with E-state index in [-0.39, 0.29) is 30.8 Å². The van der Waals surface area contributed by atoms with E-state index in [1.54, 1.807) is 43.4 Å². The number of carboxylic acids is 1. The first kappa shape index (κ1) is 40.3. The highest BCUT2D eigenvalue weighted by molar-refractivity contribution is 5.90. The molecule has 17 nitrogen and oxygen atoms in total. The van der Waals surface area contributed by atoms with E-state index in [1.165, 1.54) is 0 Å². The Morgan fingerprint density at radius 3 is 2.53 bits per heavy atom. The number of likely N-dealkylation sites (N-methyl/N-ethyl adjacent to an activating group) is 1. The molecule has 0 unspecified atom stereocenters. The number of aliphatic hydroxyl groups is 2. The van der Waals surface area contributed by atoms with Crippen LogP contribution in [0.2, 0.25) is 0 Å². The molecule has 0 aliphatic carbocycles. The van der Waals surface area contributed by atoms with E-state index in [0.29, 0.717) is 54.7 Å². The van der Waals surface area contributed by atoms with E-state index >= 15 is 0 Å². The Labute approximate surface area is 328 Å². The molecule has 0 saturated carbocycles. The molecule has 3 aromatic rings. The molecule has 1 fully saturated rings. The lowest BCUT2D eigenvalue weighted by atomic mass is 9.86. The second kappa shape index (κ2) is 17.3. The van der Waals surface area contributed by atoms with Crippen LogP contribution in [0, 0.1) is 5.92 Å². The monoisotopic (exact) mass is 796 g/mol. The van der Waals surface area contributed by atoms with Gasteiger partial charge < -0.3 is 69.5 Å². The number of nitrogens with one attached hydrogen (secondary N) is 1. The summed E-state index contributed by atoms with van der Waals surface area (Å²) in [6, 6.07) is 11.7. The second-order valence-electron chi connectivity index (χ2n) is 15.0. The third kappa shape index (κ3) is 8.84. The maximum absolute atomic E-state index is 11.9. The number of benzene rings is 3. The van der Waals surface area contributed by atoms with Crippen molar-refractivity contribution in [2.24, 2.45) is 11.7 Å². The first-order chi connectivity index (χ1) is 27.4. The van der Waals surface area contributed by atoms with Crippen molar-refractivity contribution in [3.05, 3.63) is 70.3 Å². The summed E-state index contributed by atoms with van der Waals surface area (Å²) < 4.78 is 41.8. The number of hydrogen-bond donors (Lipinski definition) is 6. The quantitative estimate of drug-likeness (QED) is 0.0528. The van der Waals surface area contributed by atoms with Gasteiger partial charge in [-0.1, -0.05) is 26.0 Å². The lowest BCUT2D eigenvalue weighted by Gasteiger charge is -2.41. The van der Waals surface area contributed by atoms with Gasteiger partial charge in [0.15, 0.2) is 29.6 Å². The number of aromatic hydroxyl groups is 1. The number of hydrogen-bond acceptors (Lipinski definition) is 16. The van der Waals surface area contributed by atoms with Gasteiger partial charge in [-0.15, -0.1) is 0 Å². The van der Waals surface area contributed by atoms with Crippen molar-refractivity contribution in [2.45, 2.75) is 81.9 Å². The normalized spacial score (nSPS) is 24.8. The Morgan fingerprint density at radius 1 is 1.00 bits per heavy atom. The van der Waals surface area contributed by atoms with Crippen LogP contribution in [0.15, 0.2) is 42.5 Å². The third-order valence-electron chi connectivity index (χ3n) is 10.1. The maximum Gasteiger partial charge on any atom is 0.317 e. The summed E-state index contributed by atoms with van der Waals surface area (Å²) in [7, 11) is 1.72. The molecule has 4 heterocycles. The molecule has 4 aliphatic rings. The zero-order valence-electron chi connectivity index (χ0n) is 31.8. The van der Waals surface area contributed by atoms with Gasteiger partial charge in [0.1, 0.15) is 54.7 Å². The average Bonchev–Trinajstić information content (AvgIpc) is 3.80. The Morgan fingerprint density at radius 2 is 1.79 bits per heavy atom. The summed E-state index contributed by atoms with van der Waals surface area (Å²) in [5.74, 6) is 0.678. The van der Waals surface area contributed by atoms with Crippen LogP contribution < -0.4 is 34.9 Å². The molecule has 4 aliphatic heterocycles. The summed E-state index contributed by atoms with van der Waals surface area (Å²) in [5.41, 5.74) is 10.3. The molecule has 7 N–H and O–H groups in total. The van der Waals surface area contributed by atoms with Crippen LogP contribution in [-0.4, -0.2) is 109 Å². The van der Waals surface area contributed by atoms with Crippen molar-refractivity contribution in [3.8, 4) is 34.5 Å². The van der Waals surface area contributed by atoms with E-state index in [2.05, 4.69) is 19.2 Å². The third-order valence-corrected chi connectivity index (χ3v) is 10.1. The minimum absolute atomic E-state index is 0.0636. The molecule has 0 aromatic heterocycles. The number of esters is 1. The Kier molecular flexibility index (Phi) is 12.2. The van der Waals surface area contributed by atoms with Gasteiger partial charge in [-0.05, 0) is 55.3 Å². The molecule has 17 heteroatoms. The van der Waals surface area contributed by atoms with Crippen LogP contribution in [0.4, 0.5) is 0 Å². The fourth-order valence-corrected chi connectivity index (χ4v) is 7.49. The Bertz CT molecular complexity index is 1920. The Hall–Kier alpha value is -4.88. The minimum atomic E-state index is -1.69. The summed E-state index contributed by atoms with van der Waals surface area (Å²) in [6.07, 6.45) is -7.78. The molecule has 0 radical (unpaired) electrons. The molecular weight excluding hydrogens is 748 g/mol. The smallest absolute Gasteiger partial charge is 0.317 e. The topological polar surface area (TPSA) is 236 Å². The number of phenolic OH excluding ortho intramolecular Hbond substituents is 1. The number of carbonyl (C=O) groups excluding carboxylic acids is 1. The second-order valence-corrected chi connectivity index (χ2v) is 15.0. The number of carbonyl (C=O) groups is 2. The van der Waals surface area contributed by atoms with Crippen molar-refractivity contribution < 1.29 is 72.9 Å². The largest absolute Gasteiger partial charge is 0.508 e. The fourth-order valence-electron chi connectivity index (χ4n) is 7.49. The first-order valence-corrected chi connectivity index (χ1v) is 18.8. The molecule has 57 heavy (non-hydrogen) atoms. The number of nitrogens with two attached hydrogens (primary N) is 1. The van der Waals surface area contributed by atoms with Crippen LogP contribution in [0.3, 0.4) is 0 Å². The van der Waals surface area contributed by atoms with E-state index in [0.717, 1.165) is 28.0 Å². The van der Waals surface area contributed by atoms with Crippen molar-refractivity contribution in [1.82, 2.24) is 5.32 Å². The van der Waals surface area contributed by atoms with Gasteiger partial charge in [-0.25, -0.2) is 0 Å². The number of phenols is 1. The predicted octanol–water partition coefficient (Wildman–Crippen LogP) is 2.23. The fraction of sp³-hybridized carbons (Fsp3) is 0.500. The van der Waals surface area contributed by atoms with Crippen LogP contribution in [-0.2, 0) is 41.5 Å². The number of ether oxygens (including phenoxy) is 7. The van der Waals surface area contributed by atoms with Gasteiger partial charge in [0, 0.05) is 41.3 Å². The molecular formula is C40H48N2O15. The first-order valence-electron chi connectivity index (χ1n) is 18.8. The van der Waals surface area contributed by atoms with Gasteiger partial charge in [-0.3, -0.25) is 9.59 Å². The summed E-state index contributed by atoms with van der Waals surface area (Å²) in [4.78, 5) is 34.6. The molecule has 0 spiro atoms. The van der Waals surface area contributed by atoms with E-state index in [9.17, 15) is 24.9 Å². The summed E-state index contributed by atoms with van der Waals surface area (Å²) in [6.45, 7) is 4.45. The number of aliphatic hydroxyl groups excluding tert-OH is 2. The maximum atomic E-state index is 11.9. The Balaban J connectivity index is 1.18. The van der Waals surface area contributed by atoms with Gasteiger partial charge >= 0.3 is 11.9 Å². The molecule has 0 bridgehead atoms. The highest BCUT2D eigenvalue weighted by Gasteiger charge is 2.49. The lowest BCUT2D eigenvalue weighted by Crippen LogP contribution is -2.61. The predicted molar refractivity (Wildman–Crippen MR) is 197 cm³/mol. The van der Waals surface area contributed by atoms with E-state index < -0.39 is 67.8 Å². The lowest BCUT2D eigenvalue weighted by molar-refractivity contribution is -0.372. The van der Waals surface area contributed by atoms with Gasteiger partial charge in [0.25, 0.3) is 0 Å². The van der Waals surface area contributed by atoms with Crippen molar-refractivity contribution in [3.63, 3.8) is 0 Å². The zero-order valence-corrected chi connectivity index (χ0v) is 31.8. The standard InChI is InChI=1S/C40H48N2O15/c1-19(2)8-26-36-25(12-29-38(26)53-18-52-29)28-16-50-35-21(9-20-4-6-23(43)7-5-20)10-24(11-27(35)37(28)55-36)56-57-39-34(48)33(47)30(17-49-32(46)13-31(44)45)54-40(39)51-15-22(41)14-42-3/h4-7,10-12,19,22,28,30,33-34,37,39-40,42-43,47-48H,8-9,13-18,41H2,1-3H3,(H,44,45)/t22-,28-,30+,33+,34-,37+,39-,40+/m0/s1. The van der Waals surface area contributed by atoms with Crippen LogP contribution in [0.1, 0.15) is 60.1 Å². The number of rotatable bonds is 16. The summed E-state index contributed by atoms with van der Waals surface area (Å²) in [5, 5.41) is 44.1. The van der Waals surface area contributed by atoms with Gasteiger partial charge in [0.2, 0.25) is 6.79 Å². The highest BCUT2D eigenvalue weighted by atomic mass is 17.2. The van der Waals surface area contributed by atoms with Crippen LogP contribution in [0.25, 0.3) is 0 Å². The molecule has 8 atom stereocenters. The van der Waals surface area contributed by atoms with E-state index in [4.69, 9.17) is 53.8 Å². The molecule has 3 aromatic carbocycles. The van der Waals surface area contributed by atoms with Crippen LogP contribution in [0.5, 0.6) is 34.5 Å². The molecule has 7 rings (SSSR count). The molecule has 0 amide bonds. The van der Waals surface area contributed by atoms with Gasteiger partial charge in [-0.2, -0.15) is 4.89 Å². The van der Waals surface area contributed by atoms with Crippen molar-refractivity contribution in [2.75, 3.05) is 40.2 Å². The summed E-state index contributed by atoms with van der Waals surface area (Å²) >= 11 is 0. The van der Waals surface area contributed by atoms with Crippen molar-refractivity contribution >= 4 is 11.9 Å². The number of carboxylic acid groups (broad SMARTS) is 1. The number of fused-ring (bicyclic) bond motifs is 6.